The third-order valence-electron chi connectivity index (χ3n) is 3.07. The molecule has 0 aliphatic heterocycles. The van der Waals surface area contributed by atoms with Gasteiger partial charge < -0.3 is 0 Å². The van der Waals surface area contributed by atoms with Gasteiger partial charge in [0.2, 0.25) is 0 Å². The Labute approximate surface area is 124 Å². The molecule has 2 aromatic carbocycles. The van der Waals surface area contributed by atoms with Crippen molar-refractivity contribution in [2.75, 3.05) is 0 Å². The lowest BCUT2D eigenvalue weighted by Gasteiger charge is -2.08. The fourth-order valence-electron chi connectivity index (χ4n) is 2.03. The van der Waals surface area contributed by atoms with E-state index in [0.29, 0.717) is 0 Å². The Hall–Kier alpha value is -2.08. The lowest BCUT2D eigenvalue weighted by atomic mass is 9.97. The average Bonchev–Trinajstić information content (AvgIpc) is 2.58. The van der Waals surface area contributed by atoms with Gasteiger partial charge in [-0.05, 0) is 35.1 Å². The first-order valence-electron chi connectivity index (χ1n) is 7.02. The molecule has 2 rings (SSSR count). The third kappa shape index (κ3) is 4.89. The number of aryl methyl sites for hydroxylation is 2. The van der Waals surface area contributed by atoms with Crippen molar-refractivity contribution in [2.24, 2.45) is 0 Å². The van der Waals surface area contributed by atoms with Crippen LogP contribution < -0.4 is 0 Å². The Kier molecular flexibility index (Phi) is 9.68. The van der Waals surface area contributed by atoms with Crippen LogP contribution in [0.15, 0.2) is 74.8 Å². The molecule has 0 amide bonds. The molecule has 20 heavy (non-hydrogen) atoms. The van der Waals surface area contributed by atoms with Crippen LogP contribution in [0.5, 0.6) is 0 Å². The maximum Gasteiger partial charge on any atom is -0.0152 e. The minimum atomic E-state index is 1.09. The Morgan fingerprint density at radius 3 is 1.75 bits per heavy atom. The van der Waals surface area contributed by atoms with Gasteiger partial charge in [0.05, 0.1) is 0 Å². The summed E-state index contributed by atoms with van der Waals surface area (Å²) in [5.74, 6) is 0. The SMILES string of the molecule is C=C.C=C.CCc1ccc(-c2ccccc2CC)cc1. The van der Waals surface area contributed by atoms with Gasteiger partial charge in [0, 0.05) is 0 Å². The highest BCUT2D eigenvalue weighted by atomic mass is 14.1. The van der Waals surface area contributed by atoms with Crippen LogP contribution in [0.1, 0.15) is 25.0 Å². The Morgan fingerprint density at radius 1 is 0.700 bits per heavy atom. The van der Waals surface area contributed by atoms with Crippen molar-refractivity contribution in [3.8, 4) is 11.1 Å². The van der Waals surface area contributed by atoms with Gasteiger partial charge >= 0.3 is 0 Å². The highest BCUT2D eigenvalue weighted by Crippen LogP contribution is 2.24. The van der Waals surface area contributed by atoms with E-state index in [2.05, 4.69) is 88.7 Å². The van der Waals surface area contributed by atoms with E-state index in [1.165, 1.54) is 22.3 Å². The van der Waals surface area contributed by atoms with Crippen LogP contribution in [0.25, 0.3) is 11.1 Å². The van der Waals surface area contributed by atoms with Gasteiger partial charge in [-0.15, -0.1) is 26.3 Å². The fourth-order valence-corrected chi connectivity index (χ4v) is 2.03. The Balaban J connectivity index is 0.000000829. The molecule has 0 unspecified atom stereocenters. The molecule has 0 fully saturated rings. The molecule has 0 aliphatic carbocycles. The van der Waals surface area contributed by atoms with E-state index in [1.807, 2.05) is 0 Å². The van der Waals surface area contributed by atoms with Gasteiger partial charge in [0.15, 0.2) is 0 Å². The second kappa shape index (κ2) is 10.8. The molecular weight excluding hydrogens is 240 g/mol. The molecule has 0 bridgehead atoms. The van der Waals surface area contributed by atoms with E-state index < -0.39 is 0 Å². The summed E-state index contributed by atoms with van der Waals surface area (Å²) in [5, 5.41) is 0. The monoisotopic (exact) mass is 266 g/mol. The zero-order valence-electron chi connectivity index (χ0n) is 12.9. The standard InChI is InChI=1S/C16H18.2C2H4/c1-3-13-9-11-15(12-10-13)16-8-6-5-7-14(16)4-2;2*1-2/h5-12H,3-4H2,1-2H3;2*1-2H2. The molecule has 0 spiro atoms. The summed E-state index contributed by atoms with van der Waals surface area (Å²) in [7, 11) is 0. The van der Waals surface area contributed by atoms with Gasteiger partial charge in [0.25, 0.3) is 0 Å². The van der Waals surface area contributed by atoms with Crippen molar-refractivity contribution in [3.05, 3.63) is 86.0 Å². The quantitative estimate of drug-likeness (QED) is 0.590. The van der Waals surface area contributed by atoms with Crippen molar-refractivity contribution in [2.45, 2.75) is 26.7 Å². The molecule has 0 heteroatoms. The summed E-state index contributed by atoms with van der Waals surface area (Å²) in [6.07, 6.45) is 2.20. The highest BCUT2D eigenvalue weighted by molar-refractivity contribution is 5.67. The van der Waals surface area contributed by atoms with E-state index >= 15 is 0 Å². The van der Waals surface area contributed by atoms with Gasteiger partial charge in [0.1, 0.15) is 0 Å². The summed E-state index contributed by atoms with van der Waals surface area (Å²) < 4.78 is 0. The third-order valence-corrected chi connectivity index (χ3v) is 3.07. The van der Waals surface area contributed by atoms with E-state index in [4.69, 9.17) is 0 Å². The lowest BCUT2D eigenvalue weighted by Crippen LogP contribution is -1.87. The first-order chi connectivity index (χ1) is 9.85. The molecular formula is C20H26. The topological polar surface area (TPSA) is 0 Å². The van der Waals surface area contributed by atoms with Crippen molar-refractivity contribution in [3.63, 3.8) is 0 Å². The van der Waals surface area contributed by atoms with Crippen molar-refractivity contribution in [1.82, 2.24) is 0 Å². The maximum absolute atomic E-state index is 3.00. The van der Waals surface area contributed by atoms with Gasteiger partial charge in [-0.1, -0.05) is 62.4 Å². The summed E-state index contributed by atoms with van der Waals surface area (Å²) in [6, 6.07) is 17.6. The van der Waals surface area contributed by atoms with Crippen molar-refractivity contribution >= 4 is 0 Å². The van der Waals surface area contributed by atoms with Crippen molar-refractivity contribution < 1.29 is 0 Å². The van der Waals surface area contributed by atoms with Gasteiger partial charge in [-0.2, -0.15) is 0 Å². The molecule has 106 valence electrons. The zero-order valence-corrected chi connectivity index (χ0v) is 12.9. The fraction of sp³-hybridized carbons (Fsp3) is 0.200. The van der Waals surface area contributed by atoms with Crippen LogP contribution >= 0.6 is 0 Å². The number of hydrogen-bond donors (Lipinski definition) is 0. The lowest BCUT2D eigenvalue weighted by molar-refractivity contribution is 1.13. The molecule has 0 saturated carbocycles. The van der Waals surface area contributed by atoms with Crippen LogP contribution in [-0.2, 0) is 12.8 Å². The minimum absolute atomic E-state index is 1.09. The first kappa shape index (κ1) is 17.9. The predicted molar refractivity (Wildman–Crippen MR) is 93.1 cm³/mol. The number of benzene rings is 2. The Bertz CT molecular complexity index is 478. The maximum atomic E-state index is 3.00. The van der Waals surface area contributed by atoms with E-state index in [1.54, 1.807) is 0 Å². The molecule has 0 aromatic heterocycles. The number of hydrogen-bond acceptors (Lipinski definition) is 0. The van der Waals surface area contributed by atoms with Gasteiger partial charge in [-0.25, -0.2) is 0 Å². The van der Waals surface area contributed by atoms with E-state index in [9.17, 15) is 0 Å². The van der Waals surface area contributed by atoms with Crippen LogP contribution in [0.3, 0.4) is 0 Å². The summed E-state index contributed by atoms with van der Waals surface area (Å²) >= 11 is 0. The second-order valence-corrected chi connectivity index (χ2v) is 4.06. The molecule has 2 aromatic rings. The normalized spacial score (nSPS) is 8.70. The molecule has 0 heterocycles. The van der Waals surface area contributed by atoms with E-state index in [0.717, 1.165) is 12.8 Å². The van der Waals surface area contributed by atoms with Crippen molar-refractivity contribution in [1.29, 1.82) is 0 Å². The smallest absolute Gasteiger partial charge is 0.0152 e. The van der Waals surface area contributed by atoms with E-state index in [-0.39, 0.29) is 0 Å². The number of rotatable bonds is 3. The molecule has 0 N–H and O–H groups in total. The summed E-state index contributed by atoms with van der Waals surface area (Å²) in [6.45, 7) is 16.4. The van der Waals surface area contributed by atoms with Crippen LogP contribution in [0.2, 0.25) is 0 Å². The highest BCUT2D eigenvalue weighted by Gasteiger charge is 2.02. The van der Waals surface area contributed by atoms with Crippen LogP contribution in [0, 0.1) is 0 Å². The molecule has 0 saturated heterocycles. The molecule has 0 nitrogen and oxygen atoms in total. The van der Waals surface area contributed by atoms with Crippen LogP contribution in [-0.4, -0.2) is 0 Å². The molecule has 0 radical (unpaired) electrons. The van der Waals surface area contributed by atoms with Gasteiger partial charge in [-0.3, -0.25) is 0 Å². The molecule has 0 aliphatic rings. The Morgan fingerprint density at radius 2 is 1.25 bits per heavy atom. The first-order valence-corrected chi connectivity index (χ1v) is 7.02. The summed E-state index contributed by atoms with van der Waals surface area (Å²) in [4.78, 5) is 0. The largest absolute Gasteiger partial charge is 0.106 e. The second-order valence-electron chi connectivity index (χ2n) is 4.06. The zero-order chi connectivity index (χ0) is 15.4. The summed E-state index contributed by atoms with van der Waals surface area (Å²) in [5.41, 5.74) is 5.52. The van der Waals surface area contributed by atoms with Crippen LogP contribution in [0.4, 0.5) is 0 Å². The predicted octanol–water partition coefficient (Wildman–Crippen LogP) is 6.08. The minimum Gasteiger partial charge on any atom is -0.106 e. The molecule has 0 atom stereocenters. The average molecular weight is 266 g/mol.